The minimum atomic E-state index is 1.08. The van der Waals surface area contributed by atoms with E-state index in [1.807, 2.05) is 68.0 Å². The van der Waals surface area contributed by atoms with Crippen LogP contribution in [-0.2, 0) is 0 Å². The zero-order chi connectivity index (χ0) is 66.0. The van der Waals surface area contributed by atoms with Gasteiger partial charge in [0.2, 0.25) is 0 Å². The molecule has 7 aromatic heterocycles. The molecule has 0 radical (unpaired) electrons. The van der Waals surface area contributed by atoms with Crippen molar-refractivity contribution in [1.82, 2.24) is 4.57 Å². The predicted octanol–water partition coefficient (Wildman–Crippen LogP) is 29.0. The highest BCUT2D eigenvalue weighted by Gasteiger charge is 2.24. The molecule has 0 atom stereocenters. The Labute approximate surface area is 603 Å². The lowest BCUT2D eigenvalue weighted by atomic mass is 10.1. The number of rotatable bonds is 16. The molecular weight excluding hydrogens is 1330 g/mol. The minimum absolute atomic E-state index is 1.08. The van der Waals surface area contributed by atoms with Gasteiger partial charge in [0.15, 0.2) is 0 Å². The fourth-order valence-corrected chi connectivity index (χ4v) is 20.3. The van der Waals surface area contributed by atoms with Gasteiger partial charge in [-0.15, -0.1) is 68.0 Å². The van der Waals surface area contributed by atoms with E-state index in [0.717, 1.165) is 76.6 Å². The van der Waals surface area contributed by atoms with Gasteiger partial charge in [0.25, 0.3) is 0 Å². The molecular formula is C90H58N4S6. The summed E-state index contributed by atoms with van der Waals surface area (Å²) in [7, 11) is 0. The van der Waals surface area contributed by atoms with Gasteiger partial charge in [0.05, 0.1) is 11.0 Å². The zero-order valence-corrected chi connectivity index (χ0v) is 58.6. The van der Waals surface area contributed by atoms with E-state index in [-0.39, 0.29) is 0 Å². The Morgan fingerprint density at radius 3 is 0.830 bits per heavy atom. The highest BCUT2D eigenvalue weighted by Crippen LogP contribution is 2.51. The van der Waals surface area contributed by atoms with Crippen molar-refractivity contribution in [2.45, 2.75) is 0 Å². The van der Waals surface area contributed by atoms with Crippen LogP contribution in [0.1, 0.15) is 0 Å². The number of hydrogen-bond acceptors (Lipinski definition) is 9. The summed E-state index contributed by atoms with van der Waals surface area (Å²) in [6.07, 6.45) is 0. The van der Waals surface area contributed by atoms with Gasteiger partial charge >= 0.3 is 0 Å². The van der Waals surface area contributed by atoms with Gasteiger partial charge < -0.3 is 19.3 Å². The summed E-state index contributed by atoms with van der Waals surface area (Å²) in [5.41, 5.74) is 13.6. The van der Waals surface area contributed by atoms with Crippen molar-refractivity contribution in [3.05, 3.63) is 352 Å². The summed E-state index contributed by atoms with van der Waals surface area (Å²) in [5, 5.41) is 13.3. The quantitative estimate of drug-likeness (QED) is 0.0958. The molecule has 474 valence electrons. The van der Waals surface area contributed by atoms with Crippen LogP contribution in [0.15, 0.2) is 352 Å². The van der Waals surface area contributed by atoms with Crippen molar-refractivity contribution in [3.63, 3.8) is 0 Å². The molecule has 0 aliphatic heterocycles. The molecule has 10 heteroatoms. The number of aromatic nitrogens is 1. The molecule has 7 heterocycles. The fraction of sp³-hybridized carbons (Fsp3) is 0. The molecule has 0 amide bonds. The molecule has 0 bridgehead atoms. The summed E-state index contributed by atoms with van der Waals surface area (Å²) in [6, 6.07) is 129. The third-order valence-electron chi connectivity index (χ3n) is 18.7. The van der Waals surface area contributed by atoms with Crippen molar-refractivity contribution >= 4 is 171 Å². The first-order valence-corrected chi connectivity index (χ1v) is 38.2. The molecule has 0 saturated carbocycles. The molecule has 0 N–H and O–H groups in total. The van der Waals surface area contributed by atoms with Crippen molar-refractivity contribution in [2.75, 3.05) is 14.7 Å². The number of fused-ring (bicyclic) bond motifs is 6. The second kappa shape index (κ2) is 25.6. The Balaban J connectivity index is 0.717. The Hall–Kier alpha value is -11.2. The molecule has 0 unspecified atom stereocenters. The van der Waals surface area contributed by atoms with Crippen molar-refractivity contribution in [3.8, 4) is 66.3 Å². The smallest absolute Gasteiger partial charge is 0.101 e. The van der Waals surface area contributed by atoms with E-state index in [2.05, 4.69) is 371 Å². The van der Waals surface area contributed by atoms with Crippen LogP contribution in [-0.4, -0.2) is 4.57 Å². The summed E-state index contributed by atoms with van der Waals surface area (Å²) < 4.78 is 2.46. The van der Waals surface area contributed by atoms with Gasteiger partial charge in [0.1, 0.15) is 15.0 Å². The molecule has 0 aliphatic rings. The van der Waals surface area contributed by atoms with E-state index in [1.54, 1.807) is 0 Å². The third kappa shape index (κ3) is 11.2. The van der Waals surface area contributed by atoms with Crippen LogP contribution in [0.4, 0.5) is 49.1 Å². The van der Waals surface area contributed by atoms with Gasteiger partial charge in [-0.3, -0.25) is 0 Å². The topological polar surface area (TPSA) is 14.7 Å². The highest BCUT2D eigenvalue weighted by molar-refractivity contribution is 7.27. The second-order valence-electron chi connectivity index (χ2n) is 24.9. The molecule has 4 nitrogen and oxygen atoms in total. The minimum Gasteiger partial charge on any atom is -0.309 e. The molecule has 100 heavy (non-hydrogen) atoms. The number of anilines is 9. The summed E-state index contributed by atoms with van der Waals surface area (Å²) in [4.78, 5) is 18.5. The molecule has 19 rings (SSSR count). The monoisotopic (exact) mass is 1390 g/mol. The third-order valence-corrected chi connectivity index (χ3v) is 25.9. The van der Waals surface area contributed by atoms with Crippen LogP contribution < -0.4 is 14.7 Å². The van der Waals surface area contributed by atoms with E-state index >= 15 is 0 Å². The van der Waals surface area contributed by atoms with Crippen LogP contribution >= 0.6 is 68.0 Å². The Bertz CT molecular complexity index is 5950. The fourth-order valence-electron chi connectivity index (χ4n) is 13.9. The summed E-state index contributed by atoms with van der Waals surface area (Å²) in [6.45, 7) is 0. The average molecular weight is 1390 g/mol. The van der Waals surface area contributed by atoms with Crippen LogP contribution in [0.3, 0.4) is 0 Å². The van der Waals surface area contributed by atoms with Crippen LogP contribution in [0.2, 0.25) is 0 Å². The lowest BCUT2D eigenvalue weighted by molar-refractivity contribution is 1.17. The number of nitrogens with zero attached hydrogens (tertiary/aromatic N) is 4. The van der Waals surface area contributed by atoms with Crippen molar-refractivity contribution in [1.29, 1.82) is 0 Å². The summed E-state index contributed by atoms with van der Waals surface area (Å²) >= 11 is 11.1. The van der Waals surface area contributed by atoms with E-state index < -0.39 is 0 Å². The maximum Gasteiger partial charge on any atom is 0.101 e. The molecule has 0 saturated heterocycles. The Morgan fingerprint density at radius 2 is 0.470 bits per heavy atom. The number of thiophene rings is 6. The standard InChI is InChI=1S/C90H58N4S6/c1-4-22-68(23-5-1)91(88-51-48-85(98-88)82-45-42-79(95-82)65-31-28-59-16-10-13-19-62(59)54-65)71-34-36-72(37-35-71)94-77-40-38-73(92(69-24-6-2-7-25-69)89-52-49-86(99-89)83-46-43-80(96-83)66-32-29-60-17-11-14-20-63(60)55-66)57-75(77)76-58-74(39-41-78(76)94)93(70-26-8-3-9-27-70)90-53-50-87(100-90)84-47-44-81(97-84)67-33-30-61-18-12-15-21-64(61)56-67/h1-58H. The second-order valence-corrected chi connectivity index (χ2v) is 31.3. The SMILES string of the molecule is c1ccc(N(c2ccc(-n3c4ccc(N(c5ccccc5)c5ccc(-c6ccc(-c7ccc8ccccc8c7)s6)s5)cc4c4cc(N(c5ccccc5)c5ccc(-c6ccc(-c7ccc8ccccc8c7)s6)s5)ccc43)cc2)c2ccc(-c3ccc(-c4ccc5ccccc5c4)s3)s2)cc1. The lowest BCUT2D eigenvalue weighted by Gasteiger charge is -2.24. The van der Waals surface area contributed by atoms with E-state index in [0.29, 0.717) is 0 Å². The molecule has 19 aromatic rings. The van der Waals surface area contributed by atoms with E-state index in [1.165, 1.54) is 92.9 Å². The number of hydrogen-bond donors (Lipinski definition) is 0. The molecule has 0 fully saturated rings. The zero-order valence-electron chi connectivity index (χ0n) is 53.7. The van der Waals surface area contributed by atoms with Crippen molar-refractivity contribution < 1.29 is 0 Å². The maximum absolute atomic E-state index is 2.46. The Kier molecular flexibility index (Phi) is 15.4. The first kappa shape index (κ1) is 60.0. The lowest BCUT2D eigenvalue weighted by Crippen LogP contribution is -2.08. The number of para-hydroxylation sites is 3. The van der Waals surface area contributed by atoms with Gasteiger partial charge in [-0.05, 0) is 237 Å². The maximum atomic E-state index is 2.46. The molecule has 0 spiro atoms. The Morgan fingerprint density at radius 1 is 0.190 bits per heavy atom. The van der Waals surface area contributed by atoms with Crippen molar-refractivity contribution in [2.24, 2.45) is 0 Å². The van der Waals surface area contributed by atoms with Crippen LogP contribution in [0, 0.1) is 0 Å². The van der Waals surface area contributed by atoms with Crippen LogP contribution in [0.5, 0.6) is 0 Å². The van der Waals surface area contributed by atoms with Gasteiger partial charge in [-0.2, -0.15) is 0 Å². The van der Waals surface area contributed by atoms with Gasteiger partial charge in [0, 0.05) is 94.5 Å². The molecule has 12 aromatic carbocycles. The van der Waals surface area contributed by atoms with E-state index in [4.69, 9.17) is 0 Å². The van der Waals surface area contributed by atoms with Gasteiger partial charge in [-0.25, -0.2) is 0 Å². The first-order chi connectivity index (χ1) is 49.5. The normalized spacial score (nSPS) is 11.6. The largest absolute Gasteiger partial charge is 0.309 e. The van der Waals surface area contributed by atoms with Crippen LogP contribution in [0.25, 0.3) is 120 Å². The number of benzene rings is 12. The van der Waals surface area contributed by atoms with E-state index in [9.17, 15) is 0 Å². The average Bonchev–Trinajstić information content (AvgIpc) is 1.58. The molecule has 0 aliphatic carbocycles. The highest BCUT2D eigenvalue weighted by atomic mass is 32.1. The predicted molar refractivity (Wildman–Crippen MR) is 437 cm³/mol. The summed E-state index contributed by atoms with van der Waals surface area (Å²) in [5.74, 6) is 0. The van der Waals surface area contributed by atoms with Gasteiger partial charge in [-0.1, -0.05) is 164 Å². The first-order valence-electron chi connectivity index (χ1n) is 33.3.